The topological polar surface area (TPSA) is 29.5 Å². The van der Waals surface area contributed by atoms with Gasteiger partial charge < -0.3 is 9.84 Å². The lowest BCUT2D eigenvalue weighted by Gasteiger charge is -2.10. The summed E-state index contributed by atoms with van der Waals surface area (Å²) in [6.45, 7) is 1.92. The van der Waals surface area contributed by atoms with Crippen molar-refractivity contribution in [2.24, 2.45) is 0 Å². The highest BCUT2D eigenvalue weighted by Gasteiger charge is 2.07. The quantitative estimate of drug-likeness (QED) is 0.895. The average Bonchev–Trinajstić information content (AvgIpc) is 2.38. The van der Waals surface area contributed by atoms with E-state index >= 15 is 0 Å². The highest BCUT2D eigenvalue weighted by atomic mass is 19.1. The molecule has 0 amide bonds. The molecule has 2 aromatic rings. The van der Waals surface area contributed by atoms with Gasteiger partial charge in [-0.1, -0.05) is 36.4 Å². The van der Waals surface area contributed by atoms with Gasteiger partial charge in [0.25, 0.3) is 0 Å². The first kappa shape index (κ1) is 12.6. The fourth-order valence-electron chi connectivity index (χ4n) is 1.63. The fourth-order valence-corrected chi connectivity index (χ4v) is 1.63. The van der Waals surface area contributed by atoms with Crippen LogP contribution in [-0.2, 0) is 6.61 Å². The summed E-state index contributed by atoms with van der Waals surface area (Å²) in [6, 6.07) is 14.1. The Labute approximate surface area is 106 Å². The first-order valence-corrected chi connectivity index (χ1v) is 5.81. The zero-order chi connectivity index (χ0) is 13.0. The van der Waals surface area contributed by atoms with E-state index in [0.717, 1.165) is 5.56 Å². The summed E-state index contributed by atoms with van der Waals surface area (Å²) >= 11 is 0. The van der Waals surface area contributed by atoms with Gasteiger partial charge in [-0.3, -0.25) is 0 Å². The van der Waals surface area contributed by atoms with Crippen molar-refractivity contribution < 1.29 is 14.2 Å². The molecule has 1 unspecified atom stereocenters. The molecule has 0 spiro atoms. The van der Waals surface area contributed by atoms with Crippen LogP contribution >= 0.6 is 0 Å². The predicted molar refractivity (Wildman–Crippen MR) is 67.8 cm³/mol. The van der Waals surface area contributed by atoms with Crippen LogP contribution in [-0.4, -0.2) is 5.11 Å². The Bertz CT molecular complexity index is 509. The van der Waals surface area contributed by atoms with Crippen molar-refractivity contribution in [1.29, 1.82) is 0 Å². The Morgan fingerprint density at radius 3 is 2.50 bits per heavy atom. The van der Waals surface area contributed by atoms with Crippen molar-refractivity contribution in [1.82, 2.24) is 0 Å². The number of hydrogen-bond donors (Lipinski definition) is 1. The average molecular weight is 246 g/mol. The number of rotatable bonds is 4. The number of benzene rings is 2. The third-order valence-corrected chi connectivity index (χ3v) is 2.68. The molecule has 0 aliphatic rings. The van der Waals surface area contributed by atoms with E-state index in [2.05, 4.69) is 0 Å². The van der Waals surface area contributed by atoms with Crippen LogP contribution in [0.15, 0.2) is 48.5 Å². The van der Waals surface area contributed by atoms with Crippen LogP contribution in [0, 0.1) is 5.82 Å². The van der Waals surface area contributed by atoms with Gasteiger partial charge >= 0.3 is 0 Å². The summed E-state index contributed by atoms with van der Waals surface area (Å²) < 4.78 is 19.1. The SMILES string of the molecule is CC(O)c1ccc(OCc2ccccc2)c(F)c1. The second kappa shape index (κ2) is 5.65. The lowest BCUT2D eigenvalue weighted by atomic mass is 10.1. The molecule has 2 nitrogen and oxygen atoms in total. The highest BCUT2D eigenvalue weighted by Crippen LogP contribution is 2.22. The number of ether oxygens (including phenoxy) is 1. The fraction of sp³-hybridized carbons (Fsp3) is 0.200. The Morgan fingerprint density at radius 1 is 1.17 bits per heavy atom. The largest absolute Gasteiger partial charge is 0.486 e. The van der Waals surface area contributed by atoms with Crippen molar-refractivity contribution in [2.45, 2.75) is 19.6 Å². The molecule has 2 aromatic carbocycles. The van der Waals surface area contributed by atoms with Crippen LogP contribution < -0.4 is 4.74 Å². The maximum atomic E-state index is 13.7. The number of aliphatic hydroxyl groups excluding tert-OH is 1. The second-order valence-electron chi connectivity index (χ2n) is 4.14. The molecule has 18 heavy (non-hydrogen) atoms. The lowest BCUT2D eigenvalue weighted by Crippen LogP contribution is -1.99. The maximum Gasteiger partial charge on any atom is 0.165 e. The maximum absolute atomic E-state index is 13.7. The summed E-state index contributed by atoms with van der Waals surface area (Å²) in [7, 11) is 0. The van der Waals surface area contributed by atoms with E-state index in [1.54, 1.807) is 19.1 Å². The molecule has 1 atom stereocenters. The molecule has 3 heteroatoms. The van der Waals surface area contributed by atoms with Crippen LogP contribution in [0.2, 0.25) is 0 Å². The van der Waals surface area contributed by atoms with E-state index in [4.69, 9.17) is 4.74 Å². The highest BCUT2D eigenvalue weighted by molar-refractivity contribution is 5.30. The molecule has 1 N–H and O–H groups in total. The van der Waals surface area contributed by atoms with E-state index in [1.807, 2.05) is 30.3 Å². The Kier molecular flexibility index (Phi) is 3.95. The van der Waals surface area contributed by atoms with Crippen LogP contribution in [0.5, 0.6) is 5.75 Å². The Morgan fingerprint density at radius 2 is 1.89 bits per heavy atom. The molecule has 0 saturated heterocycles. The Hall–Kier alpha value is -1.87. The van der Waals surface area contributed by atoms with Gasteiger partial charge in [0.05, 0.1) is 6.10 Å². The number of halogens is 1. The van der Waals surface area contributed by atoms with Crippen molar-refractivity contribution in [3.05, 3.63) is 65.5 Å². The van der Waals surface area contributed by atoms with Crippen molar-refractivity contribution >= 4 is 0 Å². The van der Waals surface area contributed by atoms with Gasteiger partial charge in [0.1, 0.15) is 6.61 Å². The molecule has 0 aliphatic heterocycles. The zero-order valence-electron chi connectivity index (χ0n) is 10.1. The van der Waals surface area contributed by atoms with Gasteiger partial charge in [-0.25, -0.2) is 4.39 Å². The first-order chi connectivity index (χ1) is 8.66. The molecule has 0 saturated carbocycles. The van der Waals surface area contributed by atoms with E-state index in [1.165, 1.54) is 6.07 Å². The lowest BCUT2D eigenvalue weighted by molar-refractivity contribution is 0.198. The van der Waals surface area contributed by atoms with E-state index in [9.17, 15) is 9.50 Å². The summed E-state index contributed by atoms with van der Waals surface area (Å²) in [4.78, 5) is 0. The van der Waals surface area contributed by atoms with Gasteiger partial charge in [-0.15, -0.1) is 0 Å². The van der Waals surface area contributed by atoms with Crippen LogP contribution in [0.25, 0.3) is 0 Å². The summed E-state index contributed by atoms with van der Waals surface area (Å²) in [5, 5.41) is 9.34. The number of aliphatic hydroxyl groups is 1. The minimum absolute atomic E-state index is 0.197. The molecule has 0 aliphatic carbocycles. The molecule has 2 rings (SSSR count). The molecule has 0 fully saturated rings. The molecule has 0 radical (unpaired) electrons. The van der Waals surface area contributed by atoms with Gasteiger partial charge in [-0.05, 0) is 30.2 Å². The minimum atomic E-state index is -0.678. The summed E-state index contributed by atoms with van der Waals surface area (Å²) in [6.07, 6.45) is -0.678. The molecular formula is C15H15FO2. The summed E-state index contributed by atoms with van der Waals surface area (Å²) in [5.41, 5.74) is 1.52. The van der Waals surface area contributed by atoms with E-state index in [-0.39, 0.29) is 5.75 Å². The van der Waals surface area contributed by atoms with Crippen LogP contribution in [0.3, 0.4) is 0 Å². The van der Waals surface area contributed by atoms with Crippen LogP contribution in [0.4, 0.5) is 4.39 Å². The number of hydrogen-bond acceptors (Lipinski definition) is 2. The third-order valence-electron chi connectivity index (χ3n) is 2.68. The molecular weight excluding hydrogens is 231 g/mol. The Balaban J connectivity index is 2.06. The second-order valence-corrected chi connectivity index (χ2v) is 4.14. The van der Waals surface area contributed by atoms with Gasteiger partial charge in [0.2, 0.25) is 0 Å². The standard InChI is InChI=1S/C15H15FO2/c1-11(17)13-7-8-15(14(16)9-13)18-10-12-5-3-2-4-6-12/h2-9,11,17H,10H2,1H3. The van der Waals surface area contributed by atoms with Crippen molar-refractivity contribution in [2.75, 3.05) is 0 Å². The third kappa shape index (κ3) is 3.08. The van der Waals surface area contributed by atoms with E-state index in [0.29, 0.717) is 12.2 Å². The van der Waals surface area contributed by atoms with E-state index < -0.39 is 11.9 Å². The van der Waals surface area contributed by atoms with Gasteiger partial charge in [0, 0.05) is 0 Å². The monoisotopic (exact) mass is 246 g/mol. The van der Waals surface area contributed by atoms with Crippen molar-refractivity contribution in [3.63, 3.8) is 0 Å². The van der Waals surface area contributed by atoms with Gasteiger partial charge in [-0.2, -0.15) is 0 Å². The minimum Gasteiger partial charge on any atom is -0.486 e. The molecule has 0 aromatic heterocycles. The smallest absolute Gasteiger partial charge is 0.165 e. The van der Waals surface area contributed by atoms with Gasteiger partial charge in [0.15, 0.2) is 11.6 Å². The first-order valence-electron chi connectivity index (χ1n) is 5.81. The molecule has 0 bridgehead atoms. The predicted octanol–water partition coefficient (Wildman–Crippen LogP) is 3.46. The normalized spacial score (nSPS) is 12.2. The summed E-state index contributed by atoms with van der Waals surface area (Å²) in [5.74, 6) is -0.257. The van der Waals surface area contributed by atoms with Crippen molar-refractivity contribution in [3.8, 4) is 5.75 Å². The molecule has 94 valence electrons. The molecule has 0 heterocycles. The zero-order valence-corrected chi connectivity index (χ0v) is 10.1. The van der Waals surface area contributed by atoms with Crippen LogP contribution in [0.1, 0.15) is 24.2 Å².